The quantitative estimate of drug-likeness (QED) is 0.743. The highest BCUT2D eigenvalue weighted by atomic mass is 79.9. The van der Waals surface area contributed by atoms with Gasteiger partial charge in [-0.2, -0.15) is 0 Å². The van der Waals surface area contributed by atoms with Crippen molar-refractivity contribution in [3.63, 3.8) is 0 Å². The zero-order valence-electron chi connectivity index (χ0n) is 8.34. The van der Waals surface area contributed by atoms with E-state index < -0.39 is 0 Å². The second-order valence-corrected chi connectivity index (χ2v) is 4.57. The Labute approximate surface area is 99.2 Å². The van der Waals surface area contributed by atoms with E-state index in [0.717, 1.165) is 23.4 Å². The number of hydrogen-bond donors (Lipinski definition) is 0. The minimum atomic E-state index is 0.859. The molecule has 78 valence electrons. The second-order valence-electron chi connectivity index (χ2n) is 3.37. The van der Waals surface area contributed by atoms with E-state index in [9.17, 15) is 0 Å². The lowest BCUT2D eigenvalue weighted by Gasteiger charge is -2.16. The fourth-order valence-electron chi connectivity index (χ4n) is 1.33. The van der Waals surface area contributed by atoms with Crippen molar-refractivity contribution < 1.29 is 0 Å². The third-order valence-corrected chi connectivity index (χ3v) is 3.00. The SMILES string of the molecule is CN(CCCBr)Cc1ccccc1Cl. The van der Waals surface area contributed by atoms with Crippen LogP contribution in [0.2, 0.25) is 5.02 Å². The Kier molecular flexibility index (Phi) is 5.53. The first-order chi connectivity index (χ1) is 6.74. The Balaban J connectivity index is 2.47. The number of benzene rings is 1. The molecule has 1 nitrogen and oxygen atoms in total. The topological polar surface area (TPSA) is 3.24 Å². The Morgan fingerprint density at radius 2 is 2.07 bits per heavy atom. The van der Waals surface area contributed by atoms with Crippen molar-refractivity contribution in [3.8, 4) is 0 Å². The van der Waals surface area contributed by atoms with E-state index in [0.29, 0.717) is 0 Å². The first kappa shape index (κ1) is 12.0. The van der Waals surface area contributed by atoms with Gasteiger partial charge in [-0.3, -0.25) is 0 Å². The molecule has 0 N–H and O–H groups in total. The van der Waals surface area contributed by atoms with Gasteiger partial charge in [-0.25, -0.2) is 0 Å². The van der Waals surface area contributed by atoms with Gasteiger partial charge in [-0.15, -0.1) is 0 Å². The van der Waals surface area contributed by atoms with Gasteiger partial charge in [0.05, 0.1) is 0 Å². The maximum Gasteiger partial charge on any atom is 0.0451 e. The summed E-state index contributed by atoms with van der Waals surface area (Å²) < 4.78 is 0. The summed E-state index contributed by atoms with van der Waals surface area (Å²) in [5, 5.41) is 1.91. The smallest absolute Gasteiger partial charge is 0.0451 e. The highest BCUT2D eigenvalue weighted by Crippen LogP contribution is 2.16. The predicted octanol–water partition coefficient (Wildman–Crippen LogP) is 3.56. The van der Waals surface area contributed by atoms with E-state index in [2.05, 4.69) is 33.9 Å². The van der Waals surface area contributed by atoms with Crippen LogP contribution < -0.4 is 0 Å². The van der Waals surface area contributed by atoms with Crippen LogP contribution in [-0.2, 0) is 6.54 Å². The van der Waals surface area contributed by atoms with Crippen molar-refractivity contribution in [1.82, 2.24) is 4.90 Å². The molecule has 0 aliphatic carbocycles. The van der Waals surface area contributed by atoms with Gasteiger partial charge in [0.15, 0.2) is 0 Å². The molecular weight excluding hydrogens is 261 g/mol. The maximum atomic E-state index is 6.07. The van der Waals surface area contributed by atoms with E-state index in [1.54, 1.807) is 0 Å². The van der Waals surface area contributed by atoms with Gasteiger partial charge in [0.25, 0.3) is 0 Å². The van der Waals surface area contributed by atoms with E-state index in [4.69, 9.17) is 11.6 Å². The lowest BCUT2D eigenvalue weighted by molar-refractivity contribution is 0.329. The van der Waals surface area contributed by atoms with Crippen LogP contribution in [0.4, 0.5) is 0 Å². The molecule has 14 heavy (non-hydrogen) atoms. The lowest BCUT2D eigenvalue weighted by Crippen LogP contribution is -2.19. The summed E-state index contributed by atoms with van der Waals surface area (Å²) in [6.45, 7) is 2.02. The van der Waals surface area contributed by atoms with E-state index in [1.807, 2.05) is 18.2 Å². The molecule has 0 amide bonds. The minimum absolute atomic E-state index is 0.859. The van der Waals surface area contributed by atoms with Crippen LogP contribution in [0.1, 0.15) is 12.0 Å². The zero-order chi connectivity index (χ0) is 10.4. The summed E-state index contributed by atoms with van der Waals surface area (Å²) in [5.41, 5.74) is 1.20. The molecule has 0 atom stereocenters. The van der Waals surface area contributed by atoms with Crippen LogP contribution in [0.15, 0.2) is 24.3 Å². The van der Waals surface area contributed by atoms with Gasteiger partial charge < -0.3 is 4.90 Å². The molecule has 1 rings (SSSR count). The maximum absolute atomic E-state index is 6.07. The van der Waals surface area contributed by atoms with Gasteiger partial charge in [0.2, 0.25) is 0 Å². The average molecular weight is 277 g/mol. The van der Waals surface area contributed by atoms with Crippen molar-refractivity contribution in [2.75, 3.05) is 18.9 Å². The van der Waals surface area contributed by atoms with E-state index in [1.165, 1.54) is 12.0 Å². The van der Waals surface area contributed by atoms with Crippen LogP contribution in [-0.4, -0.2) is 23.8 Å². The monoisotopic (exact) mass is 275 g/mol. The summed E-state index contributed by atoms with van der Waals surface area (Å²) >= 11 is 9.49. The third kappa shape index (κ3) is 3.99. The molecule has 3 heteroatoms. The van der Waals surface area contributed by atoms with Crippen LogP contribution >= 0.6 is 27.5 Å². The van der Waals surface area contributed by atoms with E-state index >= 15 is 0 Å². The molecule has 0 aliphatic rings. The first-order valence-corrected chi connectivity index (χ1v) is 6.22. The molecule has 1 aromatic carbocycles. The average Bonchev–Trinajstić information content (AvgIpc) is 2.18. The molecule has 0 unspecified atom stereocenters. The Morgan fingerprint density at radius 3 is 2.71 bits per heavy atom. The van der Waals surface area contributed by atoms with Gasteiger partial charge in [0, 0.05) is 16.9 Å². The normalized spacial score (nSPS) is 10.9. The number of rotatable bonds is 5. The molecule has 0 saturated heterocycles. The zero-order valence-corrected chi connectivity index (χ0v) is 10.7. The Morgan fingerprint density at radius 1 is 1.36 bits per heavy atom. The summed E-state index contributed by atoms with van der Waals surface area (Å²) in [7, 11) is 2.12. The fraction of sp³-hybridized carbons (Fsp3) is 0.455. The summed E-state index contributed by atoms with van der Waals surface area (Å²) in [4.78, 5) is 2.28. The number of halogens is 2. The molecule has 0 heterocycles. The lowest BCUT2D eigenvalue weighted by atomic mass is 10.2. The second kappa shape index (κ2) is 6.44. The predicted molar refractivity (Wildman–Crippen MR) is 66.2 cm³/mol. The summed E-state index contributed by atoms with van der Waals surface area (Å²) in [6.07, 6.45) is 1.17. The van der Waals surface area contributed by atoms with Crippen LogP contribution in [0, 0.1) is 0 Å². The van der Waals surface area contributed by atoms with Crippen molar-refractivity contribution in [3.05, 3.63) is 34.9 Å². The molecule has 0 spiro atoms. The van der Waals surface area contributed by atoms with Gasteiger partial charge >= 0.3 is 0 Å². The molecule has 0 aromatic heterocycles. The summed E-state index contributed by atoms with van der Waals surface area (Å²) in [5.74, 6) is 0. The first-order valence-electron chi connectivity index (χ1n) is 4.72. The van der Waals surface area contributed by atoms with E-state index in [-0.39, 0.29) is 0 Å². The number of hydrogen-bond acceptors (Lipinski definition) is 1. The molecular formula is C11H15BrClN. The third-order valence-electron chi connectivity index (χ3n) is 2.07. The molecule has 1 aromatic rings. The molecule has 0 aliphatic heterocycles. The summed E-state index contributed by atoms with van der Waals surface area (Å²) in [6, 6.07) is 8.01. The fourth-order valence-corrected chi connectivity index (χ4v) is 1.77. The number of nitrogens with zero attached hydrogens (tertiary/aromatic N) is 1. The molecule has 0 bridgehead atoms. The number of alkyl halides is 1. The largest absolute Gasteiger partial charge is 0.302 e. The molecule has 0 radical (unpaired) electrons. The van der Waals surface area contributed by atoms with Crippen LogP contribution in [0.3, 0.4) is 0 Å². The van der Waals surface area contributed by atoms with Gasteiger partial charge in [0.1, 0.15) is 0 Å². The van der Waals surface area contributed by atoms with Crippen molar-refractivity contribution in [2.24, 2.45) is 0 Å². The standard InChI is InChI=1S/C11H15BrClN/c1-14(8-4-7-12)9-10-5-2-3-6-11(10)13/h2-3,5-6H,4,7-9H2,1H3. The highest BCUT2D eigenvalue weighted by molar-refractivity contribution is 9.09. The van der Waals surface area contributed by atoms with Crippen molar-refractivity contribution >= 4 is 27.5 Å². The van der Waals surface area contributed by atoms with Crippen LogP contribution in [0.5, 0.6) is 0 Å². The van der Waals surface area contributed by atoms with Gasteiger partial charge in [-0.1, -0.05) is 45.7 Å². The minimum Gasteiger partial charge on any atom is -0.302 e. The van der Waals surface area contributed by atoms with Gasteiger partial charge in [-0.05, 0) is 31.6 Å². The highest BCUT2D eigenvalue weighted by Gasteiger charge is 2.02. The molecule has 0 saturated carbocycles. The van der Waals surface area contributed by atoms with Crippen molar-refractivity contribution in [1.29, 1.82) is 0 Å². The van der Waals surface area contributed by atoms with Crippen LogP contribution in [0.25, 0.3) is 0 Å². The Hall–Kier alpha value is -0.0500. The van der Waals surface area contributed by atoms with Crippen molar-refractivity contribution in [2.45, 2.75) is 13.0 Å². The molecule has 0 fully saturated rings. The Bertz CT molecular complexity index is 278.